The van der Waals surface area contributed by atoms with Crippen molar-refractivity contribution in [1.82, 2.24) is 0 Å². The Hall–Kier alpha value is -4.46. The zero-order valence-corrected chi connectivity index (χ0v) is 22.3. The van der Waals surface area contributed by atoms with E-state index in [0.29, 0.717) is 0 Å². The van der Waals surface area contributed by atoms with Crippen molar-refractivity contribution in [3.05, 3.63) is 179 Å². The number of hydrogen-bond acceptors (Lipinski definition) is 1. The summed E-state index contributed by atoms with van der Waals surface area (Å²) in [6.07, 6.45) is 0.920. The molecule has 8 rings (SSSR count). The highest BCUT2D eigenvalue weighted by molar-refractivity contribution is 7.25. The van der Waals surface area contributed by atoms with Gasteiger partial charge in [-0.1, -0.05) is 133 Å². The van der Waals surface area contributed by atoms with Crippen LogP contribution in [0.25, 0.3) is 31.3 Å². The maximum atomic E-state index is 2.37. The summed E-state index contributed by atoms with van der Waals surface area (Å²) >= 11 is 1.89. The van der Waals surface area contributed by atoms with Crippen molar-refractivity contribution in [2.24, 2.45) is 0 Å². The van der Waals surface area contributed by atoms with Crippen LogP contribution in [0.5, 0.6) is 0 Å². The molecule has 0 N–H and O–H groups in total. The molecule has 0 atom stereocenters. The molecule has 1 heteroatoms. The Morgan fingerprint density at radius 3 is 1.79 bits per heavy atom. The van der Waals surface area contributed by atoms with Gasteiger partial charge >= 0.3 is 0 Å². The molecule has 0 spiro atoms. The molecule has 1 aromatic heterocycles. The first-order chi connectivity index (χ1) is 19.3. The maximum absolute atomic E-state index is 2.37. The molecule has 1 heterocycles. The molecule has 1 aliphatic carbocycles. The van der Waals surface area contributed by atoms with E-state index in [0.717, 1.165) is 6.42 Å². The number of thiophene rings is 1. The van der Waals surface area contributed by atoms with E-state index in [1.165, 1.54) is 64.7 Å². The predicted octanol–water partition coefficient (Wildman–Crippen LogP) is 10.0. The summed E-state index contributed by atoms with van der Waals surface area (Å²) in [5.74, 6) is 0. The van der Waals surface area contributed by atoms with Crippen molar-refractivity contribution in [3.8, 4) is 11.1 Å². The third-order valence-corrected chi connectivity index (χ3v) is 9.57. The molecule has 0 saturated carbocycles. The predicted molar refractivity (Wildman–Crippen MR) is 166 cm³/mol. The van der Waals surface area contributed by atoms with E-state index in [-0.39, 0.29) is 5.41 Å². The van der Waals surface area contributed by atoms with Crippen molar-refractivity contribution in [2.75, 3.05) is 0 Å². The number of fused-ring (bicyclic) bond motifs is 6. The van der Waals surface area contributed by atoms with Crippen LogP contribution in [-0.4, -0.2) is 0 Å². The SMILES string of the molecule is c1ccc(C2(c3ccc(Cc4cccc5sc6ccccc6c45)cc3)c3ccccc3-c3ccccc32)cc1. The average molecular weight is 515 g/mol. The first kappa shape index (κ1) is 22.5. The van der Waals surface area contributed by atoms with Crippen LogP contribution < -0.4 is 0 Å². The fraction of sp³-hybridized carbons (Fsp3) is 0.0526. The minimum Gasteiger partial charge on any atom is -0.135 e. The van der Waals surface area contributed by atoms with Crippen LogP contribution in [0.15, 0.2) is 146 Å². The van der Waals surface area contributed by atoms with Crippen LogP contribution >= 0.6 is 11.3 Å². The summed E-state index contributed by atoms with van der Waals surface area (Å²) in [7, 11) is 0. The molecule has 0 nitrogen and oxygen atoms in total. The molecule has 0 radical (unpaired) electrons. The van der Waals surface area contributed by atoms with Gasteiger partial charge in [-0.25, -0.2) is 0 Å². The zero-order chi connectivity index (χ0) is 25.8. The second-order valence-corrected chi connectivity index (χ2v) is 11.6. The van der Waals surface area contributed by atoms with Crippen LogP contribution in [0.4, 0.5) is 0 Å². The molecule has 7 aromatic rings. The molecule has 6 aromatic carbocycles. The second-order valence-electron chi connectivity index (χ2n) is 10.5. The van der Waals surface area contributed by atoms with E-state index >= 15 is 0 Å². The lowest BCUT2D eigenvalue weighted by Gasteiger charge is -2.34. The lowest BCUT2D eigenvalue weighted by atomic mass is 9.67. The van der Waals surface area contributed by atoms with Crippen molar-refractivity contribution in [2.45, 2.75) is 11.8 Å². The van der Waals surface area contributed by atoms with Crippen LogP contribution in [0.3, 0.4) is 0 Å². The smallest absolute Gasteiger partial charge is 0.0713 e. The van der Waals surface area contributed by atoms with Crippen LogP contribution in [0.1, 0.15) is 33.4 Å². The molecule has 0 fully saturated rings. The van der Waals surface area contributed by atoms with Crippen molar-refractivity contribution in [1.29, 1.82) is 0 Å². The summed E-state index contributed by atoms with van der Waals surface area (Å²) in [4.78, 5) is 0. The highest BCUT2D eigenvalue weighted by atomic mass is 32.1. The van der Waals surface area contributed by atoms with Gasteiger partial charge < -0.3 is 0 Å². The summed E-state index contributed by atoms with van der Waals surface area (Å²) in [5, 5.41) is 2.77. The molecule has 0 unspecified atom stereocenters. The Balaban J connectivity index is 1.28. The number of hydrogen-bond donors (Lipinski definition) is 0. The van der Waals surface area contributed by atoms with Gasteiger partial charge in [-0.05, 0) is 63.1 Å². The minimum absolute atomic E-state index is 0.337. The highest BCUT2D eigenvalue weighted by Gasteiger charge is 2.45. The summed E-state index contributed by atoms with van der Waals surface area (Å²) < 4.78 is 2.73. The van der Waals surface area contributed by atoms with Gasteiger partial charge in [0.1, 0.15) is 0 Å². The normalized spacial score (nSPS) is 13.4. The van der Waals surface area contributed by atoms with E-state index in [9.17, 15) is 0 Å². The number of benzene rings is 6. The standard InChI is InChI=1S/C38H26S/c1-2-12-28(13-3-1)38(33-17-7-4-14-30(33)31-15-5-8-18-34(31)38)29-23-21-26(22-24-29)25-27-11-10-20-36-37(27)32-16-6-9-19-35(32)39-36/h1-24H,25H2. The van der Waals surface area contributed by atoms with Gasteiger partial charge in [0.2, 0.25) is 0 Å². The van der Waals surface area contributed by atoms with Crippen molar-refractivity contribution >= 4 is 31.5 Å². The Bertz CT molecular complexity index is 1930. The minimum atomic E-state index is -0.337. The van der Waals surface area contributed by atoms with Crippen molar-refractivity contribution in [3.63, 3.8) is 0 Å². The van der Waals surface area contributed by atoms with Gasteiger partial charge in [-0.15, -0.1) is 11.3 Å². The Morgan fingerprint density at radius 1 is 0.462 bits per heavy atom. The van der Waals surface area contributed by atoms with E-state index in [4.69, 9.17) is 0 Å². The zero-order valence-electron chi connectivity index (χ0n) is 21.5. The molecule has 1 aliphatic rings. The fourth-order valence-corrected chi connectivity index (χ4v) is 7.95. The lowest BCUT2D eigenvalue weighted by molar-refractivity contribution is 0.767. The topological polar surface area (TPSA) is 0 Å². The molecule has 0 saturated heterocycles. The molecule has 0 aliphatic heterocycles. The van der Waals surface area contributed by atoms with E-state index < -0.39 is 0 Å². The van der Waals surface area contributed by atoms with Gasteiger partial charge in [0, 0.05) is 20.2 Å². The largest absolute Gasteiger partial charge is 0.135 e. The van der Waals surface area contributed by atoms with Gasteiger partial charge in [0.15, 0.2) is 0 Å². The van der Waals surface area contributed by atoms with Gasteiger partial charge in [0.25, 0.3) is 0 Å². The van der Waals surface area contributed by atoms with Crippen LogP contribution in [-0.2, 0) is 11.8 Å². The summed E-state index contributed by atoms with van der Waals surface area (Å²) in [6.45, 7) is 0. The number of rotatable bonds is 4. The first-order valence-electron chi connectivity index (χ1n) is 13.6. The maximum Gasteiger partial charge on any atom is 0.0713 e. The average Bonchev–Trinajstić information content (AvgIpc) is 3.53. The highest BCUT2D eigenvalue weighted by Crippen LogP contribution is 2.55. The van der Waals surface area contributed by atoms with Crippen LogP contribution in [0.2, 0.25) is 0 Å². The summed E-state index contributed by atoms with van der Waals surface area (Å²) in [5.41, 5.74) is 10.4. The second kappa shape index (κ2) is 8.80. The molecule has 39 heavy (non-hydrogen) atoms. The van der Waals surface area contributed by atoms with Crippen LogP contribution in [0, 0.1) is 0 Å². The first-order valence-corrected chi connectivity index (χ1v) is 14.4. The van der Waals surface area contributed by atoms with E-state index in [1.807, 2.05) is 11.3 Å². The molecule has 184 valence electrons. The van der Waals surface area contributed by atoms with Crippen molar-refractivity contribution < 1.29 is 0 Å². The quantitative estimate of drug-likeness (QED) is 0.219. The van der Waals surface area contributed by atoms with Gasteiger partial charge in [-0.3, -0.25) is 0 Å². The fourth-order valence-electron chi connectivity index (χ4n) is 6.80. The van der Waals surface area contributed by atoms with E-state index in [1.54, 1.807) is 0 Å². The van der Waals surface area contributed by atoms with Gasteiger partial charge in [0.05, 0.1) is 5.41 Å². The van der Waals surface area contributed by atoms with E-state index in [2.05, 4.69) is 146 Å². The Kier molecular flexibility index (Phi) is 5.08. The lowest BCUT2D eigenvalue weighted by Crippen LogP contribution is -2.28. The molecule has 0 bridgehead atoms. The third kappa shape index (κ3) is 3.30. The monoisotopic (exact) mass is 514 g/mol. The Labute approximate surface area is 232 Å². The molecule has 0 amide bonds. The summed E-state index contributed by atoms with van der Waals surface area (Å²) in [6, 6.07) is 53.9. The third-order valence-electron chi connectivity index (χ3n) is 8.43. The molecular formula is C38H26S. The molecular weight excluding hydrogens is 488 g/mol. The van der Waals surface area contributed by atoms with Gasteiger partial charge in [-0.2, -0.15) is 0 Å². The Morgan fingerprint density at radius 2 is 1.05 bits per heavy atom.